The Balaban J connectivity index is 2.47. The molecule has 19 heavy (non-hydrogen) atoms. The zero-order valence-electron chi connectivity index (χ0n) is 10.8. The minimum atomic E-state index is -0.363. The summed E-state index contributed by atoms with van der Waals surface area (Å²) in [5, 5.41) is 5.91. The van der Waals surface area contributed by atoms with Crippen molar-refractivity contribution in [1.29, 1.82) is 0 Å². The third-order valence-corrected chi connectivity index (χ3v) is 3.04. The van der Waals surface area contributed by atoms with Gasteiger partial charge in [-0.1, -0.05) is 37.0 Å². The standard InChI is InChI=1S/C13H16Cl2N2O2/c1-8(2)6-16-12(18)7-17-13(19)9-3-4-10(14)11(15)5-9/h3-5,8H,6-7H2,1-2H3,(H,16,18)(H,17,19). The third-order valence-electron chi connectivity index (χ3n) is 2.30. The molecule has 0 aliphatic carbocycles. The van der Waals surface area contributed by atoms with Crippen molar-refractivity contribution in [3.05, 3.63) is 33.8 Å². The normalized spacial score (nSPS) is 10.4. The van der Waals surface area contributed by atoms with E-state index in [1.807, 2.05) is 13.8 Å². The second-order valence-corrected chi connectivity index (χ2v) is 5.32. The molecule has 0 bridgehead atoms. The van der Waals surface area contributed by atoms with E-state index < -0.39 is 0 Å². The molecule has 0 saturated carbocycles. The number of halogens is 2. The summed E-state index contributed by atoms with van der Waals surface area (Å²) >= 11 is 11.6. The van der Waals surface area contributed by atoms with Crippen molar-refractivity contribution in [2.45, 2.75) is 13.8 Å². The second kappa shape index (κ2) is 7.36. The minimum absolute atomic E-state index is 0.0637. The summed E-state index contributed by atoms with van der Waals surface area (Å²) in [5.41, 5.74) is 0.367. The average Bonchev–Trinajstić information content (AvgIpc) is 2.36. The lowest BCUT2D eigenvalue weighted by molar-refractivity contribution is -0.120. The van der Waals surface area contributed by atoms with Crippen LogP contribution in [0.1, 0.15) is 24.2 Å². The van der Waals surface area contributed by atoms with Crippen LogP contribution in [0.3, 0.4) is 0 Å². The van der Waals surface area contributed by atoms with Crippen LogP contribution in [0.5, 0.6) is 0 Å². The molecule has 0 aliphatic heterocycles. The highest BCUT2D eigenvalue weighted by molar-refractivity contribution is 6.42. The number of amides is 2. The Kier molecular flexibility index (Phi) is 6.12. The average molecular weight is 303 g/mol. The van der Waals surface area contributed by atoms with Gasteiger partial charge in [-0.3, -0.25) is 9.59 Å². The molecule has 1 rings (SSSR count). The first kappa shape index (κ1) is 15.8. The molecule has 0 saturated heterocycles. The molecule has 2 N–H and O–H groups in total. The third kappa shape index (κ3) is 5.49. The van der Waals surface area contributed by atoms with Gasteiger partial charge in [0.1, 0.15) is 0 Å². The predicted molar refractivity (Wildman–Crippen MR) is 76.6 cm³/mol. The summed E-state index contributed by atoms with van der Waals surface area (Å²) in [5.74, 6) is -0.213. The number of carbonyl (C=O) groups excluding carboxylic acids is 2. The van der Waals surface area contributed by atoms with Crippen LogP contribution in [0.4, 0.5) is 0 Å². The molecule has 0 aromatic heterocycles. The molecule has 0 spiro atoms. The number of nitrogens with one attached hydrogen (secondary N) is 2. The molecular weight excluding hydrogens is 287 g/mol. The molecule has 1 aromatic carbocycles. The van der Waals surface area contributed by atoms with Crippen LogP contribution in [-0.4, -0.2) is 24.9 Å². The first-order valence-electron chi connectivity index (χ1n) is 5.90. The number of hydrogen-bond donors (Lipinski definition) is 2. The fourth-order valence-corrected chi connectivity index (χ4v) is 1.58. The van der Waals surface area contributed by atoms with Gasteiger partial charge in [-0.15, -0.1) is 0 Å². The molecule has 0 radical (unpaired) electrons. The molecular formula is C13H16Cl2N2O2. The van der Waals surface area contributed by atoms with E-state index in [9.17, 15) is 9.59 Å². The van der Waals surface area contributed by atoms with Crippen LogP contribution in [-0.2, 0) is 4.79 Å². The van der Waals surface area contributed by atoms with Gasteiger partial charge in [-0.2, -0.15) is 0 Å². The summed E-state index contributed by atoms with van der Waals surface area (Å²) in [6.45, 7) is 4.51. The highest BCUT2D eigenvalue weighted by atomic mass is 35.5. The predicted octanol–water partition coefficient (Wildman–Crippen LogP) is 2.50. The van der Waals surface area contributed by atoms with Crippen LogP contribution in [0, 0.1) is 5.92 Å². The van der Waals surface area contributed by atoms with Gasteiger partial charge < -0.3 is 10.6 Å². The number of carbonyl (C=O) groups is 2. The summed E-state index contributed by atoms with van der Waals surface area (Å²) in [6.07, 6.45) is 0. The Hall–Kier alpha value is -1.26. The lowest BCUT2D eigenvalue weighted by Crippen LogP contribution is -2.38. The van der Waals surface area contributed by atoms with E-state index in [-0.39, 0.29) is 18.4 Å². The smallest absolute Gasteiger partial charge is 0.251 e. The highest BCUT2D eigenvalue weighted by Crippen LogP contribution is 2.22. The molecule has 0 unspecified atom stereocenters. The van der Waals surface area contributed by atoms with Crippen molar-refractivity contribution in [3.8, 4) is 0 Å². The van der Waals surface area contributed by atoms with Crippen LogP contribution in [0.15, 0.2) is 18.2 Å². The van der Waals surface area contributed by atoms with E-state index >= 15 is 0 Å². The number of hydrogen-bond acceptors (Lipinski definition) is 2. The Morgan fingerprint density at radius 2 is 1.84 bits per heavy atom. The first-order valence-corrected chi connectivity index (χ1v) is 6.65. The van der Waals surface area contributed by atoms with E-state index in [2.05, 4.69) is 10.6 Å². The maximum absolute atomic E-state index is 11.8. The summed E-state index contributed by atoms with van der Waals surface area (Å²) in [4.78, 5) is 23.2. The molecule has 2 amide bonds. The monoisotopic (exact) mass is 302 g/mol. The Morgan fingerprint density at radius 3 is 2.42 bits per heavy atom. The molecule has 1 aromatic rings. The maximum atomic E-state index is 11.8. The van der Waals surface area contributed by atoms with Crippen LogP contribution < -0.4 is 10.6 Å². The highest BCUT2D eigenvalue weighted by Gasteiger charge is 2.09. The number of rotatable bonds is 5. The van der Waals surface area contributed by atoms with Crippen molar-refractivity contribution < 1.29 is 9.59 Å². The minimum Gasteiger partial charge on any atom is -0.354 e. The van der Waals surface area contributed by atoms with Gasteiger partial charge in [-0.25, -0.2) is 0 Å². The van der Waals surface area contributed by atoms with Crippen molar-refractivity contribution >= 4 is 35.0 Å². The molecule has 0 atom stereocenters. The van der Waals surface area contributed by atoms with Crippen molar-refractivity contribution in [1.82, 2.24) is 10.6 Å². The largest absolute Gasteiger partial charge is 0.354 e. The molecule has 0 fully saturated rings. The van der Waals surface area contributed by atoms with Gasteiger partial charge in [0.05, 0.1) is 16.6 Å². The Morgan fingerprint density at radius 1 is 1.16 bits per heavy atom. The molecule has 0 aliphatic rings. The van der Waals surface area contributed by atoms with Crippen molar-refractivity contribution in [2.75, 3.05) is 13.1 Å². The zero-order chi connectivity index (χ0) is 14.4. The number of benzene rings is 1. The molecule has 0 heterocycles. The molecule has 4 nitrogen and oxygen atoms in total. The van der Waals surface area contributed by atoms with E-state index in [4.69, 9.17) is 23.2 Å². The molecule has 6 heteroatoms. The fourth-order valence-electron chi connectivity index (χ4n) is 1.28. The van der Waals surface area contributed by atoms with E-state index in [1.54, 1.807) is 6.07 Å². The van der Waals surface area contributed by atoms with Gasteiger partial charge in [0.25, 0.3) is 5.91 Å². The topological polar surface area (TPSA) is 58.2 Å². The molecule has 104 valence electrons. The Bertz CT molecular complexity index is 476. The van der Waals surface area contributed by atoms with Crippen molar-refractivity contribution in [2.24, 2.45) is 5.92 Å². The van der Waals surface area contributed by atoms with Gasteiger partial charge in [0.2, 0.25) is 5.91 Å². The lowest BCUT2D eigenvalue weighted by atomic mass is 10.2. The second-order valence-electron chi connectivity index (χ2n) is 4.51. The summed E-state index contributed by atoms with van der Waals surface area (Å²) in [7, 11) is 0. The van der Waals surface area contributed by atoms with Gasteiger partial charge in [-0.05, 0) is 24.1 Å². The van der Waals surface area contributed by atoms with Gasteiger partial charge in [0.15, 0.2) is 0 Å². The van der Waals surface area contributed by atoms with Crippen LogP contribution in [0.25, 0.3) is 0 Å². The zero-order valence-corrected chi connectivity index (χ0v) is 12.3. The Labute approximate surface area is 122 Å². The quantitative estimate of drug-likeness (QED) is 0.878. The van der Waals surface area contributed by atoms with E-state index in [0.717, 1.165) is 0 Å². The van der Waals surface area contributed by atoms with Gasteiger partial charge >= 0.3 is 0 Å². The van der Waals surface area contributed by atoms with Gasteiger partial charge in [0, 0.05) is 12.1 Å². The van der Waals surface area contributed by atoms with E-state index in [1.165, 1.54) is 12.1 Å². The fraction of sp³-hybridized carbons (Fsp3) is 0.385. The maximum Gasteiger partial charge on any atom is 0.251 e. The summed E-state index contributed by atoms with van der Waals surface area (Å²) in [6, 6.07) is 4.55. The first-order chi connectivity index (χ1) is 8.90. The lowest BCUT2D eigenvalue weighted by Gasteiger charge is -2.09. The van der Waals surface area contributed by atoms with Crippen molar-refractivity contribution in [3.63, 3.8) is 0 Å². The summed E-state index contributed by atoms with van der Waals surface area (Å²) < 4.78 is 0. The SMILES string of the molecule is CC(C)CNC(=O)CNC(=O)c1ccc(Cl)c(Cl)c1. The van der Waals surface area contributed by atoms with Crippen LogP contribution >= 0.6 is 23.2 Å². The van der Waals surface area contributed by atoms with Crippen LogP contribution in [0.2, 0.25) is 10.0 Å². The van der Waals surface area contributed by atoms with E-state index in [0.29, 0.717) is 28.1 Å².